The van der Waals surface area contributed by atoms with Gasteiger partial charge in [-0.2, -0.15) is 0 Å². The molecule has 0 spiro atoms. The zero-order chi connectivity index (χ0) is 16.4. The Labute approximate surface area is 141 Å². The second-order valence-corrected chi connectivity index (χ2v) is 6.99. The molecule has 2 N–H and O–H groups in total. The first-order chi connectivity index (χ1) is 11.7. The predicted molar refractivity (Wildman–Crippen MR) is 90.0 cm³/mol. The third kappa shape index (κ3) is 3.30. The van der Waals surface area contributed by atoms with E-state index in [-0.39, 0.29) is 0 Å². The molecule has 24 heavy (non-hydrogen) atoms. The smallest absolute Gasteiger partial charge is 0.160 e. The van der Waals surface area contributed by atoms with Gasteiger partial charge in [0, 0.05) is 31.7 Å². The second kappa shape index (κ2) is 6.76. The number of piperidine rings is 1. The van der Waals surface area contributed by atoms with Crippen molar-refractivity contribution in [3.8, 4) is 0 Å². The lowest BCUT2D eigenvalue weighted by Gasteiger charge is -2.37. The summed E-state index contributed by atoms with van der Waals surface area (Å²) < 4.78 is 7.61. The maximum absolute atomic E-state index is 10.7. The predicted octanol–water partition coefficient (Wildman–Crippen LogP) is 0.260. The number of pyridine rings is 1. The van der Waals surface area contributed by atoms with Gasteiger partial charge in [0.15, 0.2) is 5.65 Å². The van der Waals surface area contributed by atoms with Gasteiger partial charge in [0.2, 0.25) is 0 Å². The zero-order valence-corrected chi connectivity index (χ0v) is 13.9. The first kappa shape index (κ1) is 16.0. The van der Waals surface area contributed by atoms with Gasteiger partial charge in [-0.15, -0.1) is 10.2 Å². The molecule has 1 unspecified atom stereocenters. The highest BCUT2D eigenvalue weighted by Crippen LogP contribution is 2.27. The number of likely N-dealkylation sites (tertiary alicyclic amines) is 1. The van der Waals surface area contributed by atoms with Gasteiger partial charge in [0.25, 0.3) is 0 Å². The molecule has 0 radical (unpaired) electrons. The van der Waals surface area contributed by atoms with E-state index < -0.39 is 5.60 Å². The molecule has 4 heterocycles. The molecule has 2 aromatic rings. The van der Waals surface area contributed by atoms with Crippen molar-refractivity contribution in [2.75, 3.05) is 45.9 Å². The Morgan fingerprint density at radius 2 is 2.17 bits per heavy atom. The van der Waals surface area contributed by atoms with Gasteiger partial charge in [-0.25, -0.2) is 0 Å². The SMILES string of the molecule is OC1(CN2CCC(c3nnc4ccccn34)CC2)CNCCOC1. The summed E-state index contributed by atoms with van der Waals surface area (Å²) in [5.41, 5.74) is 0.121. The quantitative estimate of drug-likeness (QED) is 0.840. The molecular weight excluding hydrogens is 306 g/mol. The Kier molecular flexibility index (Phi) is 4.49. The Morgan fingerprint density at radius 3 is 3.04 bits per heavy atom. The first-order valence-electron chi connectivity index (χ1n) is 8.76. The Balaban J connectivity index is 1.38. The molecule has 2 aromatic heterocycles. The minimum absolute atomic E-state index is 0.411. The number of hydrogen-bond donors (Lipinski definition) is 2. The summed E-state index contributed by atoms with van der Waals surface area (Å²) in [6.45, 7) is 5.09. The third-order valence-electron chi connectivity index (χ3n) is 5.06. The van der Waals surface area contributed by atoms with E-state index in [0.29, 0.717) is 32.2 Å². The van der Waals surface area contributed by atoms with Crippen molar-refractivity contribution in [2.45, 2.75) is 24.4 Å². The summed E-state index contributed by atoms with van der Waals surface area (Å²) >= 11 is 0. The highest BCUT2D eigenvalue weighted by molar-refractivity contribution is 5.37. The van der Waals surface area contributed by atoms with Gasteiger partial charge < -0.3 is 20.1 Å². The van der Waals surface area contributed by atoms with Gasteiger partial charge in [-0.3, -0.25) is 4.40 Å². The van der Waals surface area contributed by atoms with Crippen LogP contribution in [0.3, 0.4) is 0 Å². The lowest BCUT2D eigenvalue weighted by Crippen LogP contribution is -2.52. The Hall–Kier alpha value is -1.54. The third-order valence-corrected chi connectivity index (χ3v) is 5.06. The summed E-state index contributed by atoms with van der Waals surface area (Å²) in [7, 11) is 0. The molecule has 2 saturated heterocycles. The fourth-order valence-electron chi connectivity index (χ4n) is 3.78. The average Bonchev–Trinajstić information content (AvgIpc) is 2.91. The van der Waals surface area contributed by atoms with E-state index in [2.05, 4.69) is 24.8 Å². The van der Waals surface area contributed by atoms with Crippen LogP contribution in [0.25, 0.3) is 5.65 Å². The van der Waals surface area contributed by atoms with Gasteiger partial charge >= 0.3 is 0 Å². The molecule has 7 heteroatoms. The molecule has 0 bridgehead atoms. The molecule has 0 saturated carbocycles. The molecule has 2 aliphatic heterocycles. The van der Waals surface area contributed by atoms with E-state index >= 15 is 0 Å². The van der Waals surface area contributed by atoms with E-state index in [0.717, 1.165) is 43.9 Å². The van der Waals surface area contributed by atoms with E-state index in [4.69, 9.17) is 4.74 Å². The molecule has 4 rings (SSSR count). The van der Waals surface area contributed by atoms with Crippen LogP contribution in [0.4, 0.5) is 0 Å². The van der Waals surface area contributed by atoms with Crippen molar-refractivity contribution in [3.05, 3.63) is 30.2 Å². The first-order valence-corrected chi connectivity index (χ1v) is 8.76. The topological polar surface area (TPSA) is 74.9 Å². The summed E-state index contributed by atoms with van der Waals surface area (Å²) in [4.78, 5) is 2.34. The molecule has 7 nitrogen and oxygen atoms in total. The number of aliphatic hydroxyl groups is 1. The summed E-state index contributed by atoms with van der Waals surface area (Å²) in [5, 5.41) is 22.7. The van der Waals surface area contributed by atoms with E-state index in [9.17, 15) is 5.11 Å². The zero-order valence-electron chi connectivity index (χ0n) is 13.9. The summed E-state index contributed by atoms with van der Waals surface area (Å²) in [6, 6.07) is 5.99. The second-order valence-electron chi connectivity index (χ2n) is 6.99. The lowest BCUT2D eigenvalue weighted by molar-refractivity contribution is -0.0521. The normalized spacial score (nSPS) is 27.4. The van der Waals surface area contributed by atoms with Crippen LogP contribution < -0.4 is 5.32 Å². The van der Waals surface area contributed by atoms with Crippen LogP contribution in [0, 0.1) is 0 Å². The van der Waals surface area contributed by atoms with E-state index in [1.165, 1.54) is 0 Å². The highest BCUT2D eigenvalue weighted by atomic mass is 16.5. The number of nitrogens with zero attached hydrogens (tertiary/aromatic N) is 4. The van der Waals surface area contributed by atoms with E-state index in [1.807, 2.05) is 24.4 Å². The molecule has 130 valence electrons. The van der Waals surface area contributed by atoms with Crippen molar-refractivity contribution < 1.29 is 9.84 Å². The van der Waals surface area contributed by atoms with Crippen LogP contribution in [0.1, 0.15) is 24.6 Å². The van der Waals surface area contributed by atoms with Crippen molar-refractivity contribution in [1.29, 1.82) is 0 Å². The van der Waals surface area contributed by atoms with Crippen molar-refractivity contribution in [2.24, 2.45) is 0 Å². The van der Waals surface area contributed by atoms with Gasteiger partial charge in [0.05, 0.1) is 13.2 Å². The number of aromatic nitrogens is 3. The Morgan fingerprint density at radius 1 is 1.29 bits per heavy atom. The maximum atomic E-state index is 10.7. The number of β-amino-alcohol motifs (C(OH)–C–C–N with tert-alkyl or cyclic N) is 1. The minimum Gasteiger partial charge on any atom is -0.385 e. The number of ether oxygens (including phenoxy) is 1. The number of nitrogens with one attached hydrogen (secondary N) is 1. The molecule has 2 fully saturated rings. The van der Waals surface area contributed by atoms with Crippen molar-refractivity contribution in [1.82, 2.24) is 24.8 Å². The van der Waals surface area contributed by atoms with Crippen molar-refractivity contribution >= 4 is 5.65 Å². The number of fused-ring (bicyclic) bond motifs is 1. The van der Waals surface area contributed by atoms with E-state index in [1.54, 1.807) is 0 Å². The highest BCUT2D eigenvalue weighted by Gasteiger charge is 2.33. The van der Waals surface area contributed by atoms with Crippen LogP contribution in [0.5, 0.6) is 0 Å². The molecule has 0 aromatic carbocycles. The van der Waals surface area contributed by atoms with Gasteiger partial charge in [-0.1, -0.05) is 6.07 Å². The number of rotatable bonds is 3. The van der Waals surface area contributed by atoms with Crippen LogP contribution in [0.15, 0.2) is 24.4 Å². The van der Waals surface area contributed by atoms with Gasteiger partial charge in [0.1, 0.15) is 11.4 Å². The molecule has 0 aliphatic carbocycles. The fraction of sp³-hybridized carbons (Fsp3) is 0.647. The molecule has 2 aliphatic rings. The molecule has 0 amide bonds. The fourth-order valence-corrected chi connectivity index (χ4v) is 3.78. The van der Waals surface area contributed by atoms with Gasteiger partial charge in [-0.05, 0) is 38.1 Å². The lowest BCUT2D eigenvalue weighted by atomic mass is 9.94. The largest absolute Gasteiger partial charge is 0.385 e. The minimum atomic E-state index is -0.787. The summed E-state index contributed by atoms with van der Waals surface area (Å²) in [5.74, 6) is 1.49. The molecular formula is C17H25N5O2. The molecule has 1 atom stereocenters. The van der Waals surface area contributed by atoms with Crippen LogP contribution in [0.2, 0.25) is 0 Å². The van der Waals surface area contributed by atoms with Crippen molar-refractivity contribution in [3.63, 3.8) is 0 Å². The van der Waals surface area contributed by atoms with Crippen LogP contribution >= 0.6 is 0 Å². The van der Waals surface area contributed by atoms with Crippen LogP contribution in [-0.4, -0.2) is 76.1 Å². The van der Waals surface area contributed by atoms with Crippen LogP contribution in [-0.2, 0) is 4.74 Å². The average molecular weight is 331 g/mol. The monoisotopic (exact) mass is 331 g/mol. The summed E-state index contributed by atoms with van der Waals surface area (Å²) in [6.07, 6.45) is 4.12. The Bertz CT molecular complexity index is 672. The standard InChI is InChI=1S/C17H25N5O2/c23-17(11-18-6-10-24-13-17)12-21-8-4-14(5-9-21)16-20-19-15-3-1-2-7-22(15)16/h1-3,7,14,18,23H,4-6,8-13H2. The maximum Gasteiger partial charge on any atom is 0.160 e. The number of hydrogen-bond acceptors (Lipinski definition) is 6.